The zero-order chi connectivity index (χ0) is 11.8. The maximum absolute atomic E-state index is 11.6. The molecule has 1 aliphatic rings. The van der Waals surface area contributed by atoms with Crippen molar-refractivity contribution >= 4 is 17.4 Å². The van der Waals surface area contributed by atoms with Crippen molar-refractivity contribution in [3.63, 3.8) is 0 Å². The zero-order valence-electron chi connectivity index (χ0n) is 9.33. The minimum absolute atomic E-state index is 0.424. The molecule has 0 unspecified atom stereocenters. The van der Waals surface area contributed by atoms with E-state index in [2.05, 4.69) is 15.0 Å². The average molecular weight is 231 g/mol. The van der Waals surface area contributed by atoms with Gasteiger partial charge >= 0.3 is 0 Å². The third kappa shape index (κ3) is 1.52. The van der Waals surface area contributed by atoms with Crippen molar-refractivity contribution in [2.24, 2.45) is 5.73 Å². The minimum atomic E-state index is -0.472. The molecule has 17 heavy (non-hydrogen) atoms. The highest BCUT2D eigenvalue weighted by Crippen LogP contribution is 2.25. The summed E-state index contributed by atoms with van der Waals surface area (Å²) in [6, 6.07) is 1.78. The summed E-state index contributed by atoms with van der Waals surface area (Å²) in [5, 5.41) is 4.40. The normalized spacial score (nSPS) is 15.6. The van der Waals surface area contributed by atoms with Crippen LogP contribution in [0.15, 0.2) is 18.5 Å². The van der Waals surface area contributed by atoms with E-state index >= 15 is 0 Å². The number of hydrogen-bond acceptors (Lipinski definition) is 4. The molecule has 1 saturated heterocycles. The zero-order valence-corrected chi connectivity index (χ0v) is 9.33. The summed E-state index contributed by atoms with van der Waals surface area (Å²) in [7, 11) is 0. The molecule has 1 amide bonds. The predicted molar refractivity (Wildman–Crippen MR) is 63.0 cm³/mol. The van der Waals surface area contributed by atoms with Crippen LogP contribution >= 0.6 is 0 Å². The number of aromatic nitrogens is 3. The molecule has 0 spiro atoms. The Morgan fingerprint density at radius 2 is 2.12 bits per heavy atom. The van der Waals surface area contributed by atoms with E-state index in [1.807, 2.05) is 0 Å². The van der Waals surface area contributed by atoms with Gasteiger partial charge in [0, 0.05) is 25.5 Å². The van der Waals surface area contributed by atoms with Crippen molar-refractivity contribution < 1.29 is 4.79 Å². The van der Waals surface area contributed by atoms with E-state index in [9.17, 15) is 4.79 Å². The molecule has 1 aliphatic heterocycles. The smallest absolute Gasteiger partial charge is 0.256 e. The van der Waals surface area contributed by atoms with Gasteiger partial charge < -0.3 is 10.6 Å². The lowest BCUT2D eigenvalue weighted by Gasteiger charge is -2.14. The van der Waals surface area contributed by atoms with Crippen molar-refractivity contribution in [1.29, 1.82) is 0 Å². The van der Waals surface area contributed by atoms with Gasteiger partial charge in [-0.3, -0.25) is 4.79 Å². The van der Waals surface area contributed by atoms with Crippen molar-refractivity contribution in [3.8, 4) is 0 Å². The Hall–Kier alpha value is -2.11. The van der Waals surface area contributed by atoms with Gasteiger partial charge in [-0.1, -0.05) is 0 Å². The lowest BCUT2D eigenvalue weighted by atomic mass is 10.3. The summed E-state index contributed by atoms with van der Waals surface area (Å²) in [5.74, 6) is 0.189. The number of fused-ring (bicyclic) bond motifs is 1. The first-order valence-electron chi connectivity index (χ1n) is 5.65. The van der Waals surface area contributed by atoms with Gasteiger partial charge in [0.25, 0.3) is 5.91 Å². The molecule has 6 heteroatoms. The van der Waals surface area contributed by atoms with Crippen LogP contribution in [0.1, 0.15) is 23.2 Å². The van der Waals surface area contributed by atoms with Crippen LogP contribution < -0.4 is 10.6 Å². The highest BCUT2D eigenvalue weighted by molar-refractivity contribution is 6.03. The molecule has 0 saturated carbocycles. The van der Waals surface area contributed by atoms with Crippen LogP contribution in [-0.4, -0.2) is 33.6 Å². The molecule has 0 atom stereocenters. The first-order chi connectivity index (χ1) is 8.27. The molecular formula is C11H13N5O. The van der Waals surface area contributed by atoms with Gasteiger partial charge in [-0.15, -0.1) is 5.10 Å². The van der Waals surface area contributed by atoms with Crippen LogP contribution in [0.25, 0.3) is 5.65 Å². The average Bonchev–Trinajstić information content (AvgIpc) is 2.95. The molecule has 0 aliphatic carbocycles. The lowest BCUT2D eigenvalue weighted by molar-refractivity contribution is 0.100. The number of carbonyl (C=O) groups is 1. The number of nitrogens with zero attached hydrogens (tertiary/aromatic N) is 4. The van der Waals surface area contributed by atoms with Crippen LogP contribution in [0, 0.1) is 0 Å². The number of amides is 1. The lowest BCUT2D eigenvalue weighted by Crippen LogP contribution is -2.22. The van der Waals surface area contributed by atoms with E-state index in [4.69, 9.17) is 5.73 Å². The fourth-order valence-electron chi connectivity index (χ4n) is 2.25. The number of anilines is 1. The second-order valence-corrected chi connectivity index (χ2v) is 4.14. The molecule has 1 fully saturated rings. The molecule has 6 nitrogen and oxygen atoms in total. The van der Waals surface area contributed by atoms with Crippen molar-refractivity contribution in [1.82, 2.24) is 14.6 Å². The Morgan fingerprint density at radius 1 is 1.35 bits per heavy atom. The fourth-order valence-corrected chi connectivity index (χ4v) is 2.25. The molecule has 2 N–H and O–H groups in total. The molecule has 0 aromatic carbocycles. The molecule has 0 bridgehead atoms. The number of nitrogens with two attached hydrogens (primary N) is 1. The Bertz CT molecular complexity index is 570. The first-order valence-corrected chi connectivity index (χ1v) is 5.65. The monoisotopic (exact) mass is 231 g/mol. The number of carbonyl (C=O) groups excluding carboxylic acids is 1. The molecule has 2 aromatic rings. The molecule has 2 aromatic heterocycles. The number of primary amides is 1. The Kier molecular flexibility index (Phi) is 2.21. The van der Waals surface area contributed by atoms with E-state index < -0.39 is 5.91 Å². The van der Waals surface area contributed by atoms with Gasteiger partial charge in [0.15, 0.2) is 11.5 Å². The summed E-state index contributed by atoms with van der Waals surface area (Å²) in [6.45, 7) is 1.84. The molecule has 3 rings (SSSR count). The van der Waals surface area contributed by atoms with E-state index in [1.165, 1.54) is 0 Å². The maximum Gasteiger partial charge on any atom is 0.256 e. The van der Waals surface area contributed by atoms with Gasteiger partial charge in [0.2, 0.25) is 0 Å². The second kappa shape index (κ2) is 3.73. The molecule has 0 radical (unpaired) electrons. The summed E-state index contributed by atoms with van der Waals surface area (Å²) < 4.78 is 1.60. The van der Waals surface area contributed by atoms with Crippen molar-refractivity contribution in [2.45, 2.75) is 12.8 Å². The van der Waals surface area contributed by atoms with Gasteiger partial charge in [-0.2, -0.15) is 0 Å². The number of hydrogen-bond donors (Lipinski definition) is 1. The third-order valence-corrected chi connectivity index (χ3v) is 3.03. The highest BCUT2D eigenvalue weighted by Gasteiger charge is 2.24. The third-order valence-electron chi connectivity index (χ3n) is 3.03. The van der Waals surface area contributed by atoms with Gasteiger partial charge in [0.1, 0.15) is 5.56 Å². The summed E-state index contributed by atoms with van der Waals surface area (Å²) in [6.07, 6.45) is 5.66. The topological polar surface area (TPSA) is 76.5 Å². The highest BCUT2D eigenvalue weighted by atomic mass is 16.1. The quantitative estimate of drug-likeness (QED) is 0.813. The summed E-state index contributed by atoms with van der Waals surface area (Å²) in [4.78, 5) is 17.8. The number of rotatable bonds is 2. The Labute approximate surface area is 98.0 Å². The first kappa shape index (κ1) is 10.1. The largest absolute Gasteiger partial charge is 0.365 e. The van der Waals surface area contributed by atoms with E-state index in [0.717, 1.165) is 25.9 Å². The van der Waals surface area contributed by atoms with Crippen LogP contribution in [0.3, 0.4) is 0 Å². The molecular weight excluding hydrogens is 218 g/mol. The Morgan fingerprint density at radius 3 is 2.82 bits per heavy atom. The van der Waals surface area contributed by atoms with Crippen LogP contribution in [0.4, 0.5) is 5.82 Å². The summed E-state index contributed by atoms with van der Waals surface area (Å²) >= 11 is 0. The van der Waals surface area contributed by atoms with Crippen molar-refractivity contribution in [3.05, 3.63) is 24.0 Å². The predicted octanol–water partition coefficient (Wildman–Crippen LogP) is 0.428. The summed E-state index contributed by atoms with van der Waals surface area (Å²) in [5.41, 5.74) is 6.39. The van der Waals surface area contributed by atoms with Gasteiger partial charge in [-0.05, 0) is 18.9 Å². The Balaban J connectivity index is 2.22. The maximum atomic E-state index is 11.6. The van der Waals surface area contributed by atoms with Crippen LogP contribution in [0.5, 0.6) is 0 Å². The van der Waals surface area contributed by atoms with E-state index in [-0.39, 0.29) is 0 Å². The molecule has 88 valence electrons. The SMILES string of the molecule is NC(=O)c1c(N2CCCC2)nn2cccnc12. The van der Waals surface area contributed by atoms with Crippen molar-refractivity contribution in [2.75, 3.05) is 18.0 Å². The molecule has 3 heterocycles. The standard InChI is InChI=1S/C11H13N5O/c12-9(17)8-10-13-4-3-7-16(10)14-11(8)15-5-1-2-6-15/h3-4,7H,1-2,5-6H2,(H2,12,17). The van der Waals surface area contributed by atoms with Gasteiger partial charge in [0.05, 0.1) is 0 Å². The van der Waals surface area contributed by atoms with Gasteiger partial charge in [-0.25, -0.2) is 9.50 Å². The van der Waals surface area contributed by atoms with E-state index in [1.54, 1.807) is 23.0 Å². The minimum Gasteiger partial charge on any atom is -0.365 e. The van der Waals surface area contributed by atoms with Crippen LogP contribution in [0.2, 0.25) is 0 Å². The van der Waals surface area contributed by atoms with Crippen LogP contribution in [-0.2, 0) is 0 Å². The fraction of sp³-hybridized carbons (Fsp3) is 0.364. The second-order valence-electron chi connectivity index (χ2n) is 4.14. The van der Waals surface area contributed by atoms with E-state index in [0.29, 0.717) is 17.0 Å².